The van der Waals surface area contributed by atoms with Gasteiger partial charge in [0.05, 0.1) is 13.2 Å². The van der Waals surface area contributed by atoms with Crippen LogP contribution >= 0.6 is 0 Å². The number of carbonyl (C=O) groups is 3. The van der Waals surface area contributed by atoms with E-state index in [9.17, 15) is 14.4 Å². The molecule has 1 rings (SSSR count). The van der Waals surface area contributed by atoms with Gasteiger partial charge in [-0.2, -0.15) is 0 Å². The number of benzene rings is 1. The molecule has 1 aromatic rings. The highest BCUT2D eigenvalue weighted by molar-refractivity contribution is 5.93. The number of aliphatic carboxylic acids is 1. The maximum Gasteiger partial charge on any atom is 0.330 e. The summed E-state index contributed by atoms with van der Waals surface area (Å²) in [6.45, 7) is 5.89. The number of carbonyl (C=O) groups excluding carboxylic acids is 2. The van der Waals surface area contributed by atoms with Gasteiger partial charge in [0, 0.05) is 24.8 Å². The van der Waals surface area contributed by atoms with E-state index in [1.807, 2.05) is 24.3 Å². The van der Waals surface area contributed by atoms with Gasteiger partial charge >= 0.3 is 11.9 Å². The Balaban J connectivity index is 2.17. The van der Waals surface area contributed by atoms with E-state index in [0.29, 0.717) is 25.7 Å². The molecule has 0 bridgehead atoms. The van der Waals surface area contributed by atoms with Gasteiger partial charge in [-0.1, -0.05) is 58.1 Å². The summed E-state index contributed by atoms with van der Waals surface area (Å²) in [5.41, 5.74) is 0.905. The Morgan fingerprint density at radius 1 is 0.971 bits per heavy atom. The molecule has 7 heteroatoms. The molecule has 0 aliphatic heterocycles. The summed E-state index contributed by atoms with van der Waals surface area (Å²) in [5, 5.41) is 11.1. The molecule has 0 saturated carbocycles. The highest BCUT2D eigenvalue weighted by atomic mass is 16.5. The van der Waals surface area contributed by atoms with Crippen LogP contribution in [0.5, 0.6) is 5.75 Å². The summed E-state index contributed by atoms with van der Waals surface area (Å²) < 4.78 is 11.1. The first kappa shape index (κ1) is 28.9. The number of carboxylic acid groups (broad SMARTS) is 1. The summed E-state index contributed by atoms with van der Waals surface area (Å²) in [5.74, 6) is -0.638. The molecular weight excluding hydrogens is 434 g/mol. The van der Waals surface area contributed by atoms with Crippen molar-refractivity contribution in [1.29, 1.82) is 0 Å². The van der Waals surface area contributed by atoms with E-state index < -0.39 is 11.9 Å². The standard InChI is InChI=1S/C27H39NO6/c1-3-5-10-22(4-2)21-34-27(32)18-13-23-11-14-24(15-12-23)33-20-9-7-6-8-19-28-25(29)16-17-26(30)31/h11-18,22H,3-10,19-21H2,1-2H3,(H,28,29)(H,30,31)/b17-16-,18-13-. The molecule has 0 aromatic heterocycles. The lowest BCUT2D eigenvalue weighted by Crippen LogP contribution is -2.22. The molecule has 0 aliphatic rings. The Morgan fingerprint density at radius 2 is 1.71 bits per heavy atom. The van der Waals surface area contributed by atoms with E-state index in [-0.39, 0.29) is 5.97 Å². The highest BCUT2D eigenvalue weighted by Gasteiger charge is 2.08. The molecule has 0 fully saturated rings. The average molecular weight is 474 g/mol. The maximum atomic E-state index is 12.0. The number of nitrogens with one attached hydrogen (secondary N) is 1. The van der Waals surface area contributed by atoms with Crippen molar-refractivity contribution in [2.24, 2.45) is 5.92 Å². The lowest BCUT2D eigenvalue weighted by atomic mass is 10.0. The molecule has 188 valence electrons. The number of hydrogen-bond acceptors (Lipinski definition) is 5. The zero-order valence-corrected chi connectivity index (χ0v) is 20.5. The zero-order valence-electron chi connectivity index (χ0n) is 20.5. The van der Waals surface area contributed by atoms with Gasteiger partial charge < -0.3 is 19.9 Å². The summed E-state index contributed by atoms with van der Waals surface area (Å²) in [7, 11) is 0. The Hall–Kier alpha value is -3.09. The van der Waals surface area contributed by atoms with Crippen LogP contribution in [0.4, 0.5) is 0 Å². The number of unbranched alkanes of at least 4 members (excludes halogenated alkanes) is 4. The van der Waals surface area contributed by atoms with Crippen LogP contribution in [0, 0.1) is 5.92 Å². The molecule has 0 radical (unpaired) electrons. The van der Waals surface area contributed by atoms with E-state index in [2.05, 4.69) is 19.2 Å². The molecule has 2 N–H and O–H groups in total. The molecule has 1 aromatic carbocycles. The minimum absolute atomic E-state index is 0.313. The second-order valence-corrected chi connectivity index (χ2v) is 8.17. The van der Waals surface area contributed by atoms with Crippen LogP contribution in [0.3, 0.4) is 0 Å². The van der Waals surface area contributed by atoms with Crippen LogP contribution in [0.2, 0.25) is 0 Å². The first-order chi connectivity index (χ1) is 16.4. The highest BCUT2D eigenvalue weighted by Crippen LogP contribution is 2.15. The van der Waals surface area contributed by atoms with Gasteiger partial charge in [-0.05, 0) is 49.0 Å². The first-order valence-corrected chi connectivity index (χ1v) is 12.2. The number of hydrogen-bond donors (Lipinski definition) is 2. The van der Waals surface area contributed by atoms with Crippen molar-refractivity contribution in [3.63, 3.8) is 0 Å². The fourth-order valence-corrected chi connectivity index (χ4v) is 3.17. The Morgan fingerprint density at radius 3 is 2.38 bits per heavy atom. The first-order valence-electron chi connectivity index (χ1n) is 12.2. The number of amides is 1. The maximum absolute atomic E-state index is 12.0. The second-order valence-electron chi connectivity index (χ2n) is 8.17. The smallest absolute Gasteiger partial charge is 0.330 e. The van der Waals surface area contributed by atoms with Crippen LogP contribution in [-0.2, 0) is 19.1 Å². The normalized spacial score (nSPS) is 12.1. The third kappa shape index (κ3) is 14.9. The van der Waals surface area contributed by atoms with Crippen molar-refractivity contribution < 1.29 is 29.0 Å². The molecule has 1 unspecified atom stereocenters. The predicted molar refractivity (Wildman–Crippen MR) is 133 cm³/mol. The monoisotopic (exact) mass is 473 g/mol. The van der Waals surface area contributed by atoms with Gasteiger partial charge in [-0.15, -0.1) is 0 Å². The molecule has 0 aliphatic carbocycles. The molecule has 0 saturated heterocycles. The van der Waals surface area contributed by atoms with Crippen molar-refractivity contribution in [2.45, 2.75) is 65.2 Å². The van der Waals surface area contributed by atoms with Crippen molar-refractivity contribution in [2.75, 3.05) is 19.8 Å². The Bertz CT molecular complexity index is 785. The van der Waals surface area contributed by atoms with Crippen molar-refractivity contribution >= 4 is 23.9 Å². The van der Waals surface area contributed by atoms with Gasteiger partial charge in [0.1, 0.15) is 5.75 Å². The molecule has 0 heterocycles. The van der Waals surface area contributed by atoms with E-state index >= 15 is 0 Å². The van der Waals surface area contributed by atoms with E-state index in [4.69, 9.17) is 14.6 Å². The molecular formula is C27H39NO6. The van der Waals surface area contributed by atoms with E-state index in [0.717, 1.165) is 74.8 Å². The van der Waals surface area contributed by atoms with Gasteiger partial charge in [0.2, 0.25) is 5.91 Å². The van der Waals surface area contributed by atoms with Crippen molar-refractivity contribution in [3.05, 3.63) is 48.1 Å². The van der Waals surface area contributed by atoms with Crippen LogP contribution in [0.25, 0.3) is 6.08 Å². The summed E-state index contributed by atoms with van der Waals surface area (Å²) in [4.78, 5) is 33.6. The van der Waals surface area contributed by atoms with Crippen LogP contribution < -0.4 is 10.1 Å². The molecule has 1 atom stereocenters. The largest absolute Gasteiger partial charge is 0.494 e. The zero-order chi connectivity index (χ0) is 25.0. The quantitative estimate of drug-likeness (QED) is 0.174. The second kappa shape index (κ2) is 18.3. The Kier molecular flexibility index (Phi) is 15.6. The van der Waals surface area contributed by atoms with Crippen LogP contribution in [0.1, 0.15) is 70.8 Å². The number of esters is 1. The van der Waals surface area contributed by atoms with E-state index in [1.165, 1.54) is 6.08 Å². The Labute approximate surface area is 203 Å². The molecule has 0 spiro atoms. The predicted octanol–water partition coefficient (Wildman–Crippen LogP) is 5.16. The van der Waals surface area contributed by atoms with E-state index in [1.54, 1.807) is 6.08 Å². The van der Waals surface area contributed by atoms with Gasteiger partial charge in [-0.25, -0.2) is 9.59 Å². The SMILES string of the molecule is CCCCC(CC)COC(=O)/C=C\c1ccc(OCCCCCCNC(=O)/C=C\C(=O)O)cc1. The third-order valence-corrected chi connectivity index (χ3v) is 5.31. The summed E-state index contributed by atoms with van der Waals surface area (Å²) >= 11 is 0. The number of ether oxygens (including phenoxy) is 2. The fraction of sp³-hybridized carbons (Fsp3) is 0.519. The number of carboxylic acids is 1. The van der Waals surface area contributed by atoms with Gasteiger partial charge in [-0.3, -0.25) is 4.79 Å². The average Bonchev–Trinajstić information content (AvgIpc) is 2.83. The molecule has 34 heavy (non-hydrogen) atoms. The fourth-order valence-electron chi connectivity index (χ4n) is 3.17. The number of rotatable bonds is 18. The van der Waals surface area contributed by atoms with Crippen molar-refractivity contribution in [3.8, 4) is 5.75 Å². The topological polar surface area (TPSA) is 102 Å². The molecule has 7 nitrogen and oxygen atoms in total. The lowest BCUT2D eigenvalue weighted by Gasteiger charge is -2.13. The minimum Gasteiger partial charge on any atom is -0.494 e. The minimum atomic E-state index is -1.14. The van der Waals surface area contributed by atoms with Gasteiger partial charge in [0.25, 0.3) is 0 Å². The summed E-state index contributed by atoms with van der Waals surface area (Å²) in [6, 6.07) is 7.56. The van der Waals surface area contributed by atoms with Crippen LogP contribution in [0.15, 0.2) is 42.5 Å². The summed E-state index contributed by atoms with van der Waals surface area (Å²) in [6.07, 6.45) is 13.1. The molecule has 1 amide bonds. The third-order valence-electron chi connectivity index (χ3n) is 5.31. The van der Waals surface area contributed by atoms with Crippen LogP contribution in [-0.4, -0.2) is 42.7 Å². The van der Waals surface area contributed by atoms with Gasteiger partial charge in [0.15, 0.2) is 0 Å². The van der Waals surface area contributed by atoms with Crippen molar-refractivity contribution in [1.82, 2.24) is 5.32 Å². The lowest BCUT2D eigenvalue weighted by molar-refractivity contribution is -0.139.